The van der Waals surface area contributed by atoms with E-state index in [0.29, 0.717) is 35.5 Å². The van der Waals surface area contributed by atoms with Crippen LogP contribution < -0.4 is 9.24 Å². The zero-order valence-corrected chi connectivity index (χ0v) is 22.4. The van der Waals surface area contributed by atoms with Crippen molar-refractivity contribution >= 4 is 62.7 Å². The molecule has 0 aliphatic heterocycles. The largest absolute Gasteiger partial charge is 0.415 e. The number of halogens is 1. The minimum Gasteiger partial charge on any atom is -0.409 e. The molecule has 0 radical (unpaired) electrons. The molecule has 2 rings (SSSR count). The van der Waals surface area contributed by atoms with Gasteiger partial charge in [0.05, 0.1) is 4.70 Å². The molecule has 1 amide bonds. The van der Waals surface area contributed by atoms with E-state index in [4.69, 9.17) is 4.74 Å². The molecule has 0 saturated carbocycles. The molecule has 0 spiro atoms. The number of amides is 1. The highest BCUT2D eigenvalue weighted by atomic mass is 127. The number of fused-ring (bicyclic) bond motifs is 1. The summed E-state index contributed by atoms with van der Waals surface area (Å²) in [7, 11) is -1.77. The highest BCUT2D eigenvalue weighted by molar-refractivity contribution is 14.1. The number of benzene rings is 1. The summed E-state index contributed by atoms with van der Waals surface area (Å²) in [5.41, 5.74) is 1.95. The lowest BCUT2D eigenvalue weighted by atomic mass is 10.2. The average Bonchev–Trinajstić information content (AvgIpc) is 2.94. The molecule has 0 unspecified atom stereocenters. The number of carbonyl (C=O) groups is 1. The molecule has 0 atom stereocenters. The molecule has 3 nitrogen and oxygen atoms in total. The van der Waals surface area contributed by atoms with Crippen LogP contribution >= 0.6 is 33.9 Å². The number of ether oxygens (including phenoxy) is 1. The van der Waals surface area contributed by atoms with Crippen molar-refractivity contribution in [3.8, 4) is 5.75 Å². The van der Waals surface area contributed by atoms with Gasteiger partial charge >= 0.3 is 6.09 Å². The summed E-state index contributed by atoms with van der Waals surface area (Å²) in [6.07, 6.45) is -0.262. The summed E-state index contributed by atoms with van der Waals surface area (Å²) in [5.74, 6) is 0.697. The van der Waals surface area contributed by atoms with Crippen molar-refractivity contribution < 1.29 is 9.53 Å². The monoisotopic (exact) mass is 531 g/mol. The molecule has 6 heteroatoms. The summed E-state index contributed by atoms with van der Waals surface area (Å²) >= 11 is 4.40. The Balaban J connectivity index is 2.66. The lowest BCUT2D eigenvalue weighted by molar-refractivity contribution is 0.158. The number of thiophene rings is 1. The Morgan fingerprint density at radius 1 is 1.07 bits per heavy atom. The van der Waals surface area contributed by atoms with Crippen LogP contribution in [-0.2, 0) is 0 Å². The van der Waals surface area contributed by atoms with Crippen molar-refractivity contribution in [3.63, 3.8) is 0 Å². The van der Waals surface area contributed by atoms with Gasteiger partial charge in [-0.2, -0.15) is 0 Å². The Labute approximate surface area is 189 Å². The molecule has 0 fully saturated rings. The lowest BCUT2D eigenvalue weighted by Crippen LogP contribution is -2.55. The summed E-state index contributed by atoms with van der Waals surface area (Å²) in [5, 5.41) is 1.23. The predicted octanol–water partition coefficient (Wildman–Crippen LogP) is 7.23. The Morgan fingerprint density at radius 3 is 2.07 bits per heavy atom. The maximum atomic E-state index is 12.5. The molecule has 0 aliphatic rings. The third-order valence-corrected chi connectivity index (χ3v) is 17.3. The number of hydrogen-bond acceptors (Lipinski definition) is 3. The van der Waals surface area contributed by atoms with Gasteiger partial charge in [0.15, 0.2) is 5.75 Å². The molecule has 28 heavy (non-hydrogen) atoms. The van der Waals surface area contributed by atoms with Crippen molar-refractivity contribution in [2.24, 2.45) is 0 Å². The first-order valence-electron chi connectivity index (χ1n) is 10.3. The van der Waals surface area contributed by atoms with E-state index in [1.807, 2.05) is 37.3 Å². The van der Waals surface area contributed by atoms with Gasteiger partial charge in [-0.3, -0.25) is 0 Å². The Hall–Kier alpha value is -0.603. The third kappa shape index (κ3) is 4.01. The molecule has 0 N–H and O–H groups in total. The van der Waals surface area contributed by atoms with Crippen molar-refractivity contribution in [2.45, 2.75) is 72.0 Å². The second-order valence-corrected chi connectivity index (χ2v) is 16.6. The van der Waals surface area contributed by atoms with Crippen molar-refractivity contribution in [3.05, 3.63) is 21.8 Å². The van der Waals surface area contributed by atoms with Crippen LogP contribution in [0.3, 0.4) is 0 Å². The number of nitrogens with zero attached hydrogens (tertiary/aromatic N) is 1. The molecule has 2 aromatic rings. The van der Waals surface area contributed by atoms with Gasteiger partial charge in [0.1, 0.15) is 8.07 Å². The fraction of sp³-hybridized carbons (Fsp3) is 0.591. The van der Waals surface area contributed by atoms with E-state index in [1.54, 1.807) is 9.40 Å². The quantitative estimate of drug-likeness (QED) is 0.279. The van der Waals surface area contributed by atoms with Gasteiger partial charge in [-0.25, -0.2) is 4.79 Å². The Kier molecular flexibility index (Phi) is 8.01. The van der Waals surface area contributed by atoms with Crippen molar-refractivity contribution in [2.75, 3.05) is 13.1 Å². The molecule has 0 bridgehead atoms. The van der Waals surface area contributed by atoms with Crippen LogP contribution in [0.5, 0.6) is 5.75 Å². The van der Waals surface area contributed by atoms with Gasteiger partial charge in [0, 0.05) is 26.5 Å². The number of hydrogen-bond donors (Lipinski definition) is 0. The summed E-state index contributed by atoms with van der Waals surface area (Å²) in [6.45, 7) is 19.6. The van der Waals surface area contributed by atoms with Crippen LogP contribution in [0.4, 0.5) is 4.79 Å². The topological polar surface area (TPSA) is 29.5 Å². The third-order valence-electron chi connectivity index (χ3n) is 6.10. The molecule has 1 aromatic carbocycles. The van der Waals surface area contributed by atoms with Gasteiger partial charge in [0.25, 0.3) is 0 Å². The van der Waals surface area contributed by atoms with Gasteiger partial charge in [-0.15, -0.1) is 11.3 Å². The Bertz CT molecular complexity index is 806. The molecular formula is C22H34INO2SSi. The minimum absolute atomic E-state index is 0.262. The van der Waals surface area contributed by atoms with E-state index in [-0.39, 0.29) is 6.09 Å². The molecular weight excluding hydrogens is 497 g/mol. The first-order valence-corrected chi connectivity index (χ1v) is 14.4. The average molecular weight is 532 g/mol. The van der Waals surface area contributed by atoms with Crippen LogP contribution in [0.1, 0.15) is 55.4 Å². The van der Waals surface area contributed by atoms with Crippen LogP contribution in [0, 0.1) is 3.57 Å². The van der Waals surface area contributed by atoms with Crippen LogP contribution in [0.2, 0.25) is 16.6 Å². The summed E-state index contributed by atoms with van der Waals surface area (Å²) in [6, 6.07) is 6.12. The fourth-order valence-electron chi connectivity index (χ4n) is 4.85. The maximum Gasteiger partial charge on any atom is 0.415 e. The molecule has 1 heterocycles. The van der Waals surface area contributed by atoms with Gasteiger partial charge in [0.2, 0.25) is 0 Å². The van der Waals surface area contributed by atoms with E-state index in [9.17, 15) is 4.79 Å². The first-order chi connectivity index (χ1) is 13.1. The SMILES string of the molecule is CCN(CC)C(=O)Oc1cccc2c(I)c([Si](C(C)C)(C(C)C)C(C)C)sc12. The second-order valence-electron chi connectivity index (χ2n) is 8.32. The standard InChI is InChI=1S/C22H34INO2SSi/c1-9-24(10-2)22(25)26-18-13-11-12-17-19(23)21(27-20(17)18)28(14(3)4,15(5)6)16(7)8/h11-16H,9-10H2,1-8H3. The van der Waals surface area contributed by atoms with E-state index < -0.39 is 8.07 Å². The highest BCUT2D eigenvalue weighted by Crippen LogP contribution is 2.46. The van der Waals surface area contributed by atoms with E-state index in [2.05, 4.69) is 70.2 Å². The Morgan fingerprint density at radius 2 is 1.61 bits per heavy atom. The molecule has 1 aromatic heterocycles. The minimum atomic E-state index is -1.77. The number of carbonyl (C=O) groups excluding carboxylic acids is 1. The highest BCUT2D eigenvalue weighted by Gasteiger charge is 2.47. The van der Waals surface area contributed by atoms with E-state index in [0.717, 1.165) is 4.70 Å². The van der Waals surface area contributed by atoms with Crippen LogP contribution in [-0.4, -0.2) is 32.2 Å². The van der Waals surface area contributed by atoms with E-state index in [1.165, 1.54) is 8.96 Å². The van der Waals surface area contributed by atoms with Gasteiger partial charge < -0.3 is 9.64 Å². The molecule has 0 saturated heterocycles. The summed E-state index contributed by atoms with van der Waals surface area (Å²) < 4.78 is 9.88. The van der Waals surface area contributed by atoms with Gasteiger partial charge in [-0.1, -0.05) is 53.7 Å². The second kappa shape index (κ2) is 9.47. The van der Waals surface area contributed by atoms with Crippen LogP contribution in [0.15, 0.2) is 18.2 Å². The molecule has 156 valence electrons. The normalized spacial score (nSPS) is 12.4. The predicted molar refractivity (Wildman–Crippen MR) is 134 cm³/mol. The number of rotatable bonds is 7. The van der Waals surface area contributed by atoms with E-state index >= 15 is 0 Å². The maximum absolute atomic E-state index is 12.5. The van der Waals surface area contributed by atoms with Gasteiger partial charge in [-0.05, 0) is 59.1 Å². The fourth-order valence-corrected chi connectivity index (χ4v) is 17.3. The summed E-state index contributed by atoms with van der Waals surface area (Å²) in [4.78, 5) is 14.3. The van der Waals surface area contributed by atoms with Crippen LogP contribution in [0.25, 0.3) is 10.1 Å². The lowest BCUT2D eigenvalue weighted by Gasteiger charge is -2.42. The first kappa shape index (κ1) is 23.7. The molecule has 0 aliphatic carbocycles. The van der Waals surface area contributed by atoms with Crippen molar-refractivity contribution in [1.82, 2.24) is 4.90 Å². The smallest absolute Gasteiger partial charge is 0.409 e. The zero-order valence-electron chi connectivity index (χ0n) is 18.4. The van der Waals surface area contributed by atoms with Crippen molar-refractivity contribution in [1.29, 1.82) is 0 Å². The zero-order chi connectivity index (χ0) is 21.2.